The highest BCUT2D eigenvalue weighted by Crippen LogP contribution is 2.40. The first-order chi connectivity index (χ1) is 16.1. The van der Waals surface area contributed by atoms with Crippen LogP contribution in [0.4, 0.5) is 0 Å². The van der Waals surface area contributed by atoms with Crippen molar-refractivity contribution in [2.24, 2.45) is 0 Å². The van der Waals surface area contributed by atoms with Gasteiger partial charge in [0.05, 0.1) is 0 Å². The summed E-state index contributed by atoms with van der Waals surface area (Å²) in [5.41, 5.74) is 2.38. The molecule has 0 aromatic heterocycles. The van der Waals surface area contributed by atoms with E-state index in [9.17, 15) is 9.59 Å². The van der Waals surface area contributed by atoms with Gasteiger partial charge in [-0.1, -0.05) is 60.7 Å². The van der Waals surface area contributed by atoms with Crippen LogP contribution in [-0.2, 0) is 4.52 Å². The minimum Gasteiger partial charge on any atom is -0.418 e. The molecule has 0 atom stereocenters. The van der Waals surface area contributed by atoms with Crippen molar-refractivity contribution in [1.29, 1.82) is 0 Å². The van der Waals surface area contributed by atoms with Gasteiger partial charge < -0.3 is 9.05 Å². The largest absolute Gasteiger partial charge is 0.462 e. The molecule has 4 aromatic rings. The minimum atomic E-state index is -1.72. The lowest BCUT2D eigenvalue weighted by Gasteiger charge is -2.16. The van der Waals surface area contributed by atoms with Crippen LogP contribution < -0.4 is 9.05 Å². The van der Waals surface area contributed by atoms with Gasteiger partial charge in [0.1, 0.15) is 11.5 Å². The van der Waals surface area contributed by atoms with E-state index in [-0.39, 0.29) is 11.6 Å². The highest BCUT2D eigenvalue weighted by molar-refractivity contribution is 7.42. The summed E-state index contributed by atoms with van der Waals surface area (Å²) in [6, 6.07) is 31.8. The van der Waals surface area contributed by atoms with E-state index in [0.717, 1.165) is 0 Å². The third-order valence-corrected chi connectivity index (χ3v) is 5.83. The molecular formula is C27H21O5P. The van der Waals surface area contributed by atoms with E-state index in [0.29, 0.717) is 33.8 Å². The second kappa shape index (κ2) is 10.7. The molecule has 0 aliphatic rings. The lowest BCUT2D eigenvalue weighted by atomic mass is 10.0. The van der Waals surface area contributed by atoms with Gasteiger partial charge in [0.2, 0.25) is 0 Å². The summed E-state index contributed by atoms with van der Waals surface area (Å²) in [5, 5.41) is 0. The summed E-state index contributed by atoms with van der Waals surface area (Å²) in [6.45, 7) is 0. The first kappa shape index (κ1) is 22.4. The third-order valence-electron chi connectivity index (χ3n) is 4.81. The average Bonchev–Trinajstić information content (AvgIpc) is 2.89. The summed E-state index contributed by atoms with van der Waals surface area (Å²) in [5.74, 6) is 0.919. The molecule has 4 aromatic carbocycles. The lowest BCUT2D eigenvalue weighted by Crippen LogP contribution is -2.02. The van der Waals surface area contributed by atoms with Crippen LogP contribution in [0.2, 0.25) is 0 Å². The molecule has 0 radical (unpaired) electrons. The Hall–Kier alpha value is -3.79. The zero-order valence-electron chi connectivity index (χ0n) is 17.9. The molecule has 0 fully saturated rings. The molecule has 0 unspecified atom stereocenters. The fourth-order valence-electron chi connectivity index (χ4n) is 3.11. The Balaban J connectivity index is 1.38. The predicted octanol–water partition coefficient (Wildman–Crippen LogP) is 6.48. The van der Waals surface area contributed by atoms with Gasteiger partial charge >= 0.3 is 8.60 Å². The Morgan fingerprint density at radius 3 is 1.18 bits per heavy atom. The van der Waals surface area contributed by atoms with Gasteiger partial charge in [-0.3, -0.25) is 14.1 Å². The zero-order chi connectivity index (χ0) is 23.0. The fraction of sp³-hybridized carbons (Fsp3) is 0.0370. The van der Waals surface area contributed by atoms with Crippen molar-refractivity contribution in [3.63, 3.8) is 0 Å². The van der Waals surface area contributed by atoms with Crippen molar-refractivity contribution in [2.75, 3.05) is 7.11 Å². The molecule has 0 bridgehead atoms. The van der Waals surface area contributed by atoms with Crippen LogP contribution in [-0.4, -0.2) is 18.7 Å². The molecule has 0 aliphatic carbocycles. The first-order valence-electron chi connectivity index (χ1n) is 10.2. The van der Waals surface area contributed by atoms with Crippen LogP contribution in [0.15, 0.2) is 109 Å². The molecule has 0 amide bonds. The van der Waals surface area contributed by atoms with Crippen molar-refractivity contribution >= 4 is 20.2 Å². The van der Waals surface area contributed by atoms with Crippen molar-refractivity contribution in [3.05, 3.63) is 131 Å². The van der Waals surface area contributed by atoms with Gasteiger partial charge in [-0.05, 0) is 48.5 Å². The maximum absolute atomic E-state index is 12.5. The molecule has 5 nitrogen and oxygen atoms in total. The van der Waals surface area contributed by atoms with Crippen molar-refractivity contribution < 1.29 is 23.2 Å². The van der Waals surface area contributed by atoms with Crippen LogP contribution in [0.5, 0.6) is 11.5 Å². The van der Waals surface area contributed by atoms with Gasteiger partial charge in [-0.15, -0.1) is 0 Å². The SMILES string of the molecule is COP(Oc1ccc(C(=O)c2ccccc2)cc1)Oc1ccc(C(=O)c2ccccc2)cc1. The molecule has 0 saturated carbocycles. The first-order valence-corrected chi connectivity index (χ1v) is 11.3. The Morgan fingerprint density at radius 1 is 0.515 bits per heavy atom. The van der Waals surface area contributed by atoms with E-state index < -0.39 is 8.60 Å². The summed E-state index contributed by atoms with van der Waals surface area (Å²) in [6.07, 6.45) is 0. The van der Waals surface area contributed by atoms with Gasteiger partial charge in [-0.25, -0.2) is 0 Å². The van der Waals surface area contributed by atoms with Crippen molar-refractivity contribution in [3.8, 4) is 11.5 Å². The van der Waals surface area contributed by atoms with Gasteiger partial charge in [-0.2, -0.15) is 0 Å². The fourth-order valence-corrected chi connectivity index (χ4v) is 3.89. The number of ketones is 2. The zero-order valence-corrected chi connectivity index (χ0v) is 18.8. The number of carbonyl (C=O) groups is 2. The Bertz CT molecular complexity index is 1110. The number of carbonyl (C=O) groups excluding carboxylic acids is 2. The molecular weight excluding hydrogens is 435 g/mol. The van der Waals surface area contributed by atoms with E-state index in [1.807, 2.05) is 36.4 Å². The average molecular weight is 456 g/mol. The lowest BCUT2D eigenvalue weighted by molar-refractivity contribution is 0.103. The number of benzene rings is 4. The molecule has 0 N–H and O–H groups in total. The number of hydrogen-bond acceptors (Lipinski definition) is 5. The molecule has 164 valence electrons. The van der Waals surface area contributed by atoms with Crippen LogP contribution in [0.3, 0.4) is 0 Å². The topological polar surface area (TPSA) is 61.8 Å². The predicted molar refractivity (Wildman–Crippen MR) is 128 cm³/mol. The maximum Gasteiger partial charge on any atom is 0.462 e. The second-order valence-corrected chi connectivity index (χ2v) is 8.21. The molecule has 6 heteroatoms. The quantitative estimate of drug-likeness (QED) is 0.213. The highest BCUT2D eigenvalue weighted by Gasteiger charge is 2.17. The van der Waals surface area contributed by atoms with E-state index in [4.69, 9.17) is 13.6 Å². The van der Waals surface area contributed by atoms with Crippen molar-refractivity contribution in [2.45, 2.75) is 0 Å². The normalized spacial score (nSPS) is 10.6. The molecule has 4 rings (SSSR count). The van der Waals surface area contributed by atoms with Crippen LogP contribution in [0.1, 0.15) is 31.8 Å². The summed E-state index contributed by atoms with van der Waals surface area (Å²) < 4.78 is 16.9. The van der Waals surface area contributed by atoms with E-state index in [1.165, 1.54) is 7.11 Å². The minimum absolute atomic E-state index is 0.0578. The van der Waals surface area contributed by atoms with Gasteiger partial charge in [0.25, 0.3) is 0 Å². The van der Waals surface area contributed by atoms with Crippen LogP contribution >= 0.6 is 8.60 Å². The number of rotatable bonds is 9. The summed E-state index contributed by atoms with van der Waals surface area (Å²) >= 11 is 0. The second-order valence-electron chi connectivity index (χ2n) is 7.03. The number of hydrogen-bond donors (Lipinski definition) is 0. The maximum atomic E-state index is 12.5. The molecule has 0 heterocycles. The van der Waals surface area contributed by atoms with Gasteiger partial charge in [0.15, 0.2) is 11.6 Å². The summed E-state index contributed by atoms with van der Waals surface area (Å²) in [4.78, 5) is 25.1. The summed E-state index contributed by atoms with van der Waals surface area (Å²) in [7, 11) is -0.226. The molecule has 33 heavy (non-hydrogen) atoms. The smallest absolute Gasteiger partial charge is 0.418 e. The third kappa shape index (κ3) is 5.72. The Morgan fingerprint density at radius 2 is 0.848 bits per heavy atom. The monoisotopic (exact) mass is 456 g/mol. The Labute approximate surface area is 193 Å². The van der Waals surface area contributed by atoms with Crippen molar-refractivity contribution in [1.82, 2.24) is 0 Å². The van der Waals surface area contributed by atoms with Crippen LogP contribution in [0, 0.1) is 0 Å². The molecule has 0 aliphatic heterocycles. The van der Waals surface area contributed by atoms with E-state index in [1.54, 1.807) is 72.8 Å². The molecule has 0 saturated heterocycles. The molecule has 0 spiro atoms. The van der Waals surface area contributed by atoms with E-state index >= 15 is 0 Å². The van der Waals surface area contributed by atoms with E-state index in [2.05, 4.69) is 0 Å². The van der Waals surface area contributed by atoms with Crippen LogP contribution in [0.25, 0.3) is 0 Å². The highest BCUT2D eigenvalue weighted by atomic mass is 31.2. The standard InChI is InChI=1S/C27H21O5P/c1-30-33(31-24-16-12-22(13-17-24)26(28)20-8-4-2-5-9-20)32-25-18-14-23(15-19-25)27(29)21-10-6-3-7-11-21/h2-19H,1H3. The van der Waals surface area contributed by atoms with Gasteiger partial charge in [0, 0.05) is 29.4 Å². The Kier molecular flexibility index (Phi) is 7.26.